The van der Waals surface area contributed by atoms with E-state index in [1.807, 2.05) is 14.0 Å². The van der Waals surface area contributed by atoms with Gasteiger partial charge >= 0.3 is 0 Å². The Balaban J connectivity index is 2.13. The highest BCUT2D eigenvalue weighted by Crippen LogP contribution is 2.28. The lowest BCUT2D eigenvalue weighted by atomic mass is 9.91. The van der Waals surface area contributed by atoms with E-state index in [2.05, 4.69) is 23.8 Å². The van der Waals surface area contributed by atoms with Gasteiger partial charge in [-0.1, -0.05) is 11.6 Å². The fourth-order valence-corrected chi connectivity index (χ4v) is 3.08. The topological polar surface area (TPSA) is 41.3 Å². The van der Waals surface area contributed by atoms with Crippen molar-refractivity contribution in [1.29, 1.82) is 0 Å². The average molecular weight is 286 g/mol. The number of likely N-dealkylation sites (tertiary alicyclic amines) is 1. The number of aliphatic hydroxyl groups is 1. The second kappa shape index (κ2) is 5.43. The van der Waals surface area contributed by atoms with Crippen LogP contribution in [0.2, 0.25) is 5.02 Å². The number of hydrogen-bond acceptors (Lipinski definition) is 3. The van der Waals surface area contributed by atoms with Gasteiger partial charge in [0.25, 0.3) is 0 Å². The molecular weight excluding hydrogens is 262 g/mol. The number of halogens is 1. The van der Waals surface area contributed by atoms with Crippen LogP contribution in [-0.4, -0.2) is 44.5 Å². The number of aryl methyl sites for hydroxylation is 2. The SMILES string of the molecule is Cc1nn(C)c(CC(O)C(C)(C)N2CCCC2)c1Cl. The largest absolute Gasteiger partial charge is 0.391 e. The lowest BCUT2D eigenvalue weighted by molar-refractivity contribution is 0.00241. The molecule has 1 aliphatic rings. The summed E-state index contributed by atoms with van der Waals surface area (Å²) in [6.45, 7) is 8.26. The predicted octanol–water partition coefficient (Wildman–Crippen LogP) is 2.16. The van der Waals surface area contributed by atoms with Crippen molar-refractivity contribution in [1.82, 2.24) is 14.7 Å². The number of aromatic nitrogens is 2. The Bertz CT molecular complexity index is 450. The number of rotatable bonds is 4. The zero-order chi connectivity index (χ0) is 14.2. The molecule has 0 aliphatic carbocycles. The van der Waals surface area contributed by atoms with Crippen LogP contribution in [0, 0.1) is 6.92 Å². The van der Waals surface area contributed by atoms with E-state index in [-0.39, 0.29) is 5.54 Å². The molecule has 0 spiro atoms. The summed E-state index contributed by atoms with van der Waals surface area (Å²) >= 11 is 6.26. The minimum atomic E-state index is -0.446. The first-order valence-electron chi connectivity index (χ1n) is 6.95. The van der Waals surface area contributed by atoms with Crippen molar-refractivity contribution in [2.75, 3.05) is 13.1 Å². The molecule has 0 amide bonds. The molecule has 1 saturated heterocycles. The Labute approximate surface area is 120 Å². The number of hydrogen-bond donors (Lipinski definition) is 1. The molecule has 5 heteroatoms. The maximum atomic E-state index is 10.6. The first-order chi connectivity index (χ1) is 8.84. The van der Waals surface area contributed by atoms with Crippen LogP contribution >= 0.6 is 11.6 Å². The van der Waals surface area contributed by atoms with Crippen molar-refractivity contribution in [3.05, 3.63) is 16.4 Å². The van der Waals surface area contributed by atoms with E-state index in [4.69, 9.17) is 11.6 Å². The maximum Gasteiger partial charge on any atom is 0.0847 e. The lowest BCUT2D eigenvalue weighted by Gasteiger charge is -2.39. The Morgan fingerprint density at radius 2 is 1.95 bits per heavy atom. The van der Waals surface area contributed by atoms with Crippen LogP contribution in [-0.2, 0) is 13.5 Å². The van der Waals surface area contributed by atoms with Gasteiger partial charge in [-0.15, -0.1) is 0 Å². The van der Waals surface area contributed by atoms with Crippen LogP contribution in [0.1, 0.15) is 38.1 Å². The Kier molecular flexibility index (Phi) is 4.23. The summed E-state index contributed by atoms with van der Waals surface area (Å²) in [7, 11) is 1.88. The van der Waals surface area contributed by atoms with Crippen LogP contribution < -0.4 is 0 Å². The van der Waals surface area contributed by atoms with Gasteiger partial charge in [0, 0.05) is 19.0 Å². The van der Waals surface area contributed by atoms with Gasteiger partial charge in [-0.05, 0) is 46.7 Å². The van der Waals surface area contributed by atoms with Crippen LogP contribution in [0.3, 0.4) is 0 Å². The molecular formula is C14H24ClN3O. The standard InChI is InChI=1S/C14H24ClN3O/c1-10-13(15)11(17(4)16-10)9-12(19)14(2,3)18-7-5-6-8-18/h12,19H,5-9H2,1-4H3. The van der Waals surface area contributed by atoms with Crippen molar-refractivity contribution >= 4 is 11.6 Å². The zero-order valence-corrected chi connectivity index (χ0v) is 13.0. The zero-order valence-electron chi connectivity index (χ0n) is 12.3. The molecule has 0 radical (unpaired) electrons. The molecule has 1 N–H and O–H groups in total. The van der Waals surface area contributed by atoms with E-state index in [0.29, 0.717) is 11.4 Å². The van der Waals surface area contributed by atoms with E-state index in [0.717, 1.165) is 24.5 Å². The van der Waals surface area contributed by atoms with E-state index in [9.17, 15) is 5.11 Å². The molecule has 0 aromatic carbocycles. The van der Waals surface area contributed by atoms with Crippen LogP contribution in [0.25, 0.3) is 0 Å². The van der Waals surface area contributed by atoms with Gasteiger partial charge in [0.05, 0.1) is 22.5 Å². The summed E-state index contributed by atoms with van der Waals surface area (Å²) in [5, 5.41) is 15.6. The molecule has 19 heavy (non-hydrogen) atoms. The van der Waals surface area contributed by atoms with E-state index in [1.54, 1.807) is 4.68 Å². The van der Waals surface area contributed by atoms with Crippen molar-refractivity contribution in [3.63, 3.8) is 0 Å². The molecule has 1 unspecified atom stereocenters. The van der Waals surface area contributed by atoms with Crippen molar-refractivity contribution < 1.29 is 5.11 Å². The second-order valence-corrected chi connectivity index (χ2v) is 6.42. The van der Waals surface area contributed by atoms with Crippen LogP contribution in [0.5, 0.6) is 0 Å². The molecule has 1 atom stereocenters. The highest BCUT2D eigenvalue weighted by atomic mass is 35.5. The molecule has 1 aromatic rings. The fraction of sp³-hybridized carbons (Fsp3) is 0.786. The summed E-state index contributed by atoms with van der Waals surface area (Å²) in [5.41, 5.74) is 1.52. The number of nitrogens with zero attached hydrogens (tertiary/aromatic N) is 3. The molecule has 1 aliphatic heterocycles. The van der Waals surface area contributed by atoms with E-state index >= 15 is 0 Å². The van der Waals surface area contributed by atoms with Gasteiger partial charge in [0.15, 0.2) is 0 Å². The molecule has 2 rings (SSSR count). The van der Waals surface area contributed by atoms with Gasteiger partial charge in [-0.25, -0.2) is 0 Å². The third kappa shape index (κ3) is 2.81. The van der Waals surface area contributed by atoms with E-state index in [1.165, 1.54) is 12.8 Å². The molecule has 0 bridgehead atoms. The monoisotopic (exact) mass is 285 g/mol. The third-order valence-electron chi connectivity index (χ3n) is 4.38. The summed E-state index contributed by atoms with van der Waals surface area (Å²) < 4.78 is 1.78. The normalized spacial score (nSPS) is 19.1. The molecule has 4 nitrogen and oxygen atoms in total. The number of aliphatic hydroxyl groups excluding tert-OH is 1. The van der Waals surface area contributed by atoms with Crippen LogP contribution in [0.4, 0.5) is 0 Å². The smallest absolute Gasteiger partial charge is 0.0847 e. The highest BCUT2D eigenvalue weighted by molar-refractivity contribution is 6.31. The summed E-state index contributed by atoms with van der Waals surface area (Å²) in [4.78, 5) is 2.37. The Morgan fingerprint density at radius 1 is 1.37 bits per heavy atom. The maximum absolute atomic E-state index is 10.6. The molecule has 1 aromatic heterocycles. The highest BCUT2D eigenvalue weighted by Gasteiger charge is 2.36. The fourth-order valence-electron chi connectivity index (χ4n) is 2.84. The van der Waals surface area contributed by atoms with E-state index < -0.39 is 6.10 Å². The van der Waals surface area contributed by atoms with Crippen molar-refractivity contribution in [3.8, 4) is 0 Å². The first kappa shape index (κ1) is 14.8. The quantitative estimate of drug-likeness (QED) is 0.922. The van der Waals surface area contributed by atoms with Gasteiger partial charge in [-0.2, -0.15) is 5.10 Å². The lowest BCUT2D eigenvalue weighted by Crippen LogP contribution is -2.52. The van der Waals surface area contributed by atoms with Gasteiger partial charge in [-0.3, -0.25) is 9.58 Å². The van der Waals surface area contributed by atoms with Crippen molar-refractivity contribution in [2.45, 2.75) is 51.7 Å². The third-order valence-corrected chi connectivity index (χ3v) is 4.88. The first-order valence-corrected chi connectivity index (χ1v) is 7.33. The minimum absolute atomic E-state index is 0.224. The van der Waals surface area contributed by atoms with Gasteiger partial charge < -0.3 is 5.11 Å². The summed E-state index contributed by atoms with van der Waals surface area (Å²) in [6.07, 6.45) is 2.54. The molecule has 0 saturated carbocycles. The average Bonchev–Trinajstić information content (AvgIpc) is 2.94. The van der Waals surface area contributed by atoms with Gasteiger partial charge in [0.1, 0.15) is 0 Å². The van der Waals surface area contributed by atoms with Crippen LogP contribution in [0.15, 0.2) is 0 Å². The second-order valence-electron chi connectivity index (χ2n) is 6.04. The van der Waals surface area contributed by atoms with Crippen molar-refractivity contribution in [2.24, 2.45) is 7.05 Å². The minimum Gasteiger partial charge on any atom is -0.391 e. The predicted molar refractivity (Wildman–Crippen MR) is 77.6 cm³/mol. The molecule has 108 valence electrons. The summed E-state index contributed by atoms with van der Waals surface area (Å²) in [5.74, 6) is 0. The van der Waals surface area contributed by atoms with Gasteiger partial charge in [0.2, 0.25) is 0 Å². The summed E-state index contributed by atoms with van der Waals surface area (Å²) in [6, 6.07) is 0. The Hall–Kier alpha value is -0.580. The molecule has 1 fully saturated rings. The Morgan fingerprint density at radius 3 is 2.42 bits per heavy atom. The molecule has 2 heterocycles.